The molecule has 0 saturated carbocycles. The minimum atomic E-state index is -1.78. The molecular weight excluding hydrogens is 358 g/mol. The number of cyclic esters (lactones) is 1. The van der Waals surface area contributed by atoms with E-state index in [0.717, 1.165) is 5.56 Å². The third kappa shape index (κ3) is 5.78. The molecule has 148 valence electrons. The number of amides is 2. The lowest BCUT2D eigenvalue weighted by molar-refractivity contribution is -0.124. The first-order valence-corrected chi connectivity index (χ1v) is 12.4. The van der Waals surface area contributed by atoms with E-state index >= 15 is 0 Å². The van der Waals surface area contributed by atoms with Gasteiger partial charge in [-0.1, -0.05) is 57.2 Å². The molecule has 0 aromatic heterocycles. The van der Waals surface area contributed by atoms with Crippen LogP contribution in [0.5, 0.6) is 0 Å². The summed E-state index contributed by atoms with van der Waals surface area (Å²) in [6, 6.07) is 9.54. The Balaban J connectivity index is 1.87. The van der Waals surface area contributed by atoms with Gasteiger partial charge in [-0.25, -0.2) is 9.69 Å². The monoisotopic (exact) mass is 389 g/mol. The van der Waals surface area contributed by atoms with Gasteiger partial charge in [0.1, 0.15) is 6.61 Å². The third-order valence-corrected chi connectivity index (χ3v) is 9.86. The maximum atomic E-state index is 12.5. The number of hydrogen-bond acceptors (Lipinski definition) is 4. The van der Waals surface area contributed by atoms with Crippen LogP contribution in [0, 0.1) is 0 Å². The fourth-order valence-electron chi connectivity index (χ4n) is 2.63. The standard InChI is InChI=1S/C21H31NO4Si/c1-21(2,3)27(4,5)26-14-10-9-13-19(23)22-18(16-25-20(22)24)15-17-11-7-6-8-12-17/h6-9,11-13,18H,10,14-16H2,1-5H3/b13-9+/t18-/m0/s1. The number of rotatable bonds is 7. The zero-order chi connectivity index (χ0) is 20.1. The van der Waals surface area contributed by atoms with Gasteiger partial charge in [0.05, 0.1) is 6.04 Å². The second kappa shape index (κ2) is 8.84. The van der Waals surface area contributed by atoms with Gasteiger partial charge in [-0.15, -0.1) is 0 Å². The van der Waals surface area contributed by atoms with Gasteiger partial charge >= 0.3 is 6.09 Å². The largest absolute Gasteiger partial charge is 0.447 e. The van der Waals surface area contributed by atoms with E-state index in [2.05, 4.69) is 33.9 Å². The van der Waals surface area contributed by atoms with Gasteiger partial charge in [0, 0.05) is 6.61 Å². The molecule has 27 heavy (non-hydrogen) atoms. The smallest absolute Gasteiger partial charge is 0.417 e. The predicted octanol–water partition coefficient (Wildman–Crippen LogP) is 4.54. The average Bonchev–Trinajstić information content (AvgIpc) is 2.94. The minimum Gasteiger partial charge on any atom is -0.447 e. The summed E-state index contributed by atoms with van der Waals surface area (Å²) in [5.74, 6) is -0.328. The number of nitrogens with zero attached hydrogens (tertiary/aromatic N) is 1. The molecule has 0 spiro atoms. The average molecular weight is 390 g/mol. The number of hydrogen-bond donors (Lipinski definition) is 0. The van der Waals surface area contributed by atoms with E-state index in [9.17, 15) is 9.59 Å². The summed E-state index contributed by atoms with van der Waals surface area (Å²) in [6.45, 7) is 11.8. The lowest BCUT2D eigenvalue weighted by Gasteiger charge is -2.36. The Hall–Kier alpha value is -1.92. The Bertz CT molecular complexity index is 679. The Kier molecular flexibility index (Phi) is 7.00. The van der Waals surface area contributed by atoms with Crippen LogP contribution in [0.25, 0.3) is 0 Å². The maximum Gasteiger partial charge on any atom is 0.417 e. The first-order valence-electron chi connectivity index (χ1n) is 9.46. The van der Waals surface area contributed by atoms with E-state index in [4.69, 9.17) is 9.16 Å². The van der Waals surface area contributed by atoms with Crippen LogP contribution in [0.1, 0.15) is 32.8 Å². The minimum absolute atomic E-state index is 0.163. The molecule has 1 saturated heterocycles. The fraction of sp³-hybridized carbons (Fsp3) is 0.524. The van der Waals surface area contributed by atoms with Crippen LogP contribution in [0.3, 0.4) is 0 Å². The van der Waals surface area contributed by atoms with Gasteiger partial charge in [-0.3, -0.25) is 4.79 Å². The highest BCUT2D eigenvalue weighted by atomic mass is 28.4. The van der Waals surface area contributed by atoms with Crippen molar-refractivity contribution in [3.05, 3.63) is 48.0 Å². The van der Waals surface area contributed by atoms with Crippen LogP contribution in [-0.2, 0) is 20.4 Å². The summed E-state index contributed by atoms with van der Waals surface area (Å²) in [7, 11) is -1.78. The molecule has 1 aliphatic heterocycles. The lowest BCUT2D eigenvalue weighted by Crippen LogP contribution is -2.41. The molecule has 1 aromatic carbocycles. The van der Waals surface area contributed by atoms with Crippen molar-refractivity contribution in [3.8, 4) is 0 Å². The van der Waals surface area contributed by atoms with Crippen molar-refractivity contribution < 1.29 is 18.8 Å². The first-order chi connectivity index (χ1) is 12.6. The fourth-order valence-corrected chi connectivity index (χ4v) is 3.69. The van der Waals surface area contributed by atoms with E-state index in [1.165, 1.54) is 11.0 Å². The van der Waals surface area contributed by atoms with Crippen molar-refractivity contribution in [2.24, 2.45) is 0 Å². The van der Waals surface area contributed by atoms with Gasteiger partial charge in [0.25, 0.3) is 5.91 Å². The van der Waals surface area contributed by atoms with Crippen LogP contribution >= 0.6 is 0 Å². The molecule has 0 radical (unpaired) electrons. The zero-order valence-electron chi connectivity index (χ0n) is 17.0. The van der Waals surface area contributed by atoms with E-state index in [-0.39, 0.29) is 23.6 Å². The van der Waals surface area contributed by atoms with Crippen LogP contribution in [0.4, 0.5) is 4.79 Å². The van der Waals surface area contributed by atoms with E-state index in [0.29, 0.717) is 19.4 Å². The Morgan fingerprint density at radius 2 is 1.96 bits per heavy atom. The van der Waals surface area contributed by atoms with Crippen LogP contribution in [0.15, 0.2) is 42.5 Å². The van der Waals surface area contributed by atoms with Gasteiger partial charge in [-0.2, -0.15) is 0 Å². The van der Waals surface area contributed by atoms with Gasteiger partial charge in [0.2, 0.25) is 0 Å². The summed E-state index contributed by atoms with van der Waals surface area (Å²) in [5, 5.41) is 0.163. The number of imide groups is 1. The predicted molar refractivity (Wildman–Crippen MR) is 109 cm³/mol. The van der Waals surface area contributed by atoms with E-state index in [1.807, 2.05) is 30.3 Å². The van der Waals surface area contributed by atoms with Gasteiger partial charge in [0.15, 0.2) is 8.32 Å². The number of carbonyl (C=O) groups is 2. The lowest BCUT2D eigenvalue weighted by atomic mass is 10.1. The normalized spacial score (nSPS) is 18.2. The second-order valence-corrected chi connectivity index (χ2v) is 13.2. The van der Waals surface area contributed by atoms with Crippen molar-refractivity contribution in [1.29, 1.82) is 0 Å². The second-order valence-electron chi connectivity index (χ2n) is 8.43. The molecule has 1 atom stereocenters. The topological polar surface area (TPSA) is 55.8 Å². The van der Waals surface area contributed by atoms with Crippen molar-refractivity contribution in [2.75, 3.05) is 13.2 Å². The molecule has 5 nitrogen and oxygen atoms in total. The zero-order valence-corrected chi connectivity index (χ0v) is 18.0. The summed E-state index contributed by atoms with van der Waals surface area (Å²) in [4.78, 5) is 25.7. The summed E-state index contributed by atoms with van der Waals surface area (Å²) < 4.78 is 11.2. The van der Waals surface area contributed by atoms with E-state index < -0.39 is 14.4 Å². The Morgan fingerprint density at radius 1 is 1.30 bits per heavy atom. The van der Waals surface area contributed by atoms with Crippen LogP contribution in [0.2, 0.25) is 18.1 Å². The maximum absolute atomic E-state index is 12.5. The van der Waals surface area contributed by atoms with Gasteiger partial charge < -0.3 is 9.16 Å². The molecule has 0 N–H and O–H groups in total. The molecule has 1 heterocycles. The molecular formula is C21H31NO4Si. The van der Waals surface area contributed by atoms with Crippen molar-refractivity contribution >= 4 is 20.3 Å². The third-order valence-electron chi connectivity index (χ3n) is 5.33. The highest BCUT2D eigenvalue weighted by Gasteiger charge is 2.37. The molecule has 6 heteroatoms. The molecule has 1 aromatic rings. The van der Waals surface area contributed by atoms with Crippen molar-refractivity contribution in [1.82, 2.24) is 4.90 Å². The summed E-state index contributed by atoms with van der Waals surface area (Å²) in [6.07, 6.45) is 3.91. The highest BCUT2D eigenvalue weighted by Crippen LogP contribution is 2.36. The van der Waals surface area contributed by atoms with E-state index in [1.54, 1.807) is 6.08 Å². The molecule has 0 unspecified atom stereocenters. The highest BCUT2D eigenvalue weighted by molar-refractivity contribution is 6.74. The Labute approximate surface area is 163 Å². The van der Waals surface area contributed by atoms with Crippen molar-refractivity contribution in [3.63, 3.8) is 0 Å². The quantitative estimate of drug-likeness (QED) is 0.390. The van der Waals surface area contributed by atoms with Crippen LogP contribution in [-0.4, -0.2) is 44.5 Å². The molecule has 1 fully saturated rings. The molecule has 0 bridgehead atoms. The number of benzene rings is 1. The molecule has 1 aliphatic rings. The van der Waals surface area contributed by atoms with Gasteiger partial charge in [-0.05, 0) is 42.6 Å². The van der Waals surface area contributed by atoms with Crippen LogP contribution < -0.4 is 0 Å². The molecule has 0 aliphatic carbocycles. The number of carbonyl (C=O) groups excluding carboxylic acids is 2. The Morgan fingerprint density at radius 3 is 2.59 bits per heavy atom. The SMILES string of the molecule is CC(C)(C)[Si](C)(C)OCC/C=C/C(=O)N1C(=O)OC[C@@H]1Cc1ccccc1. The molecule has 2 amide bonds. The summed E-state index contributed by atoms with van der Waals surface area (Å²) in [5.41, 5.74) is 1.07. The number of ether oxygens (including phenoxy) is 1. The summed E-state index contributed by atoms with van der Waals surface area (Å²) >= 11 is 0. The first kappa shape index (κ1) is 21.4. The molecule has 2 rings (SSSR count). The van der Waals surface area contributed by atoms with Crippen molar-refractivity contribution in [2.45, 2.75) is 57.8 Å².